The van der Waals surface area contributed by atoms with Crippen molar-refractivity contribution in [2.75, 3.05) is 12.8 Å². The molecule has 1 saturated carbocycles. The maximum Gasteiger partial charge on any atom is 0.150 e. The number of H-pyrrole nitrogens is 1. The molecule has 6 heteroatoms. The molecular formula is C19H23N5O. The molecule has 0 spiro atoms. The summed E-state index contributed by atoms with van der Waals surface area (Å²) in [6, 6.07) is 2.09. The molecule has 0 atom stereocenters. The second-order valence-electron chi connectivity index (χ2n) is 6.58. The Hall–Kier alpha value is -2.76. The van der Waals surface area contributed by atoms with E-state index < -0.39 is 0 Å². The predicted molar refractivity (Wildman–Crippen MR) is 99.2 cm³/mol. The summed E-state index contributed by atoms with van der Waals surface area (Å²) in [5.74, 6) is 2.90. The molecule has 1 aliphatic rings. The van der Waals surface area contributed by atoms with Gasteiger partial charge in [-0.2, -0.15) is 0 Å². The number of allylic oxidation sites excluding steroid dienone is 1. The van der Waals surface area contributed by atoms with E-state index in [1.54, 1.807) is 13.3 Å². The molecule has 1 fully saturated rings. The Balaban J connectivity index is 1.91. The van der Waals surface area contributed by atoms with Gasteiger partial charge >= 0.3 is 0 Å². The van der Waals surface area contributed by atoms with Crippen LogP contribution in [-0.4, -0.2) is 26.5 Å². The van der Waals surface area contributed by atoms with E-state index >= 15 is 0 Å². The number of nitrogens with two attached hydrogens (primary N) is 1. The van der Waals surface area contributed by atoms with Gasteiger partial charge in [-0.25, -0.2) is 9.97 Å². The van der Waals surface area contributed by atoms with Gasteiger partial charge in [0.15, 0.2) is 0 Å². The number of rotatable bonds is 4. The van der Waals surface area contributed by atoms with Crippen LogP contribution in [-0.2, 0) is 4.74 Å². The molecule has 3 heterocycles. The lowest BCUT2D eigenvalue weighted by atomic mass is 9.85. The molecule has 3 aromatic heterocycles. The van der Waals surface area contributed by atoms with E-state index in [1.165, 1.54) is 19.3 Å². The zero-order chi connectivity index (χ0) is 17.6. The first-order chi connectivity index (χ1) is 12.1. The minimum atomic E-state index is 0.502. The van der Waals surface area contributed by atoms with E-state index in [4.69, 9.17) is 15.5 Å². The van der Waals surface area contributed by atoms with Gasteiger partial charge in [-0.15, -0.1) is 0 Å². The predicted octanol–water partition coefficient (Wildman–Crippen LogP) is 3.89. The third-order valence-electron chi connectivity index (χ3n) is 5.08. The number of nitrogens with zero attached hydrogens (tertiary/aromatic N) is 3. The van der Waals surface area contributed by atoms with Crippen molar-refractivity contribution in [3.05, 3.63) is 41.6 Å². The number of aryl methyl sites for hydroxylation is 1. The summed E-state index contributed by atoms with van der Waals surface area (Å²) >= 11 is 0. The number of aromatic amines is 1. The number of aromatic nitrogens is 4. The summed E-state index contributed by atoms with van der Waals surface area (Å²) < 4.78 is 7.57. The highest BCUT2D eigenvalue weighted by Crippen LogP contribution is 2.39. The van der Waals surface area contributed by atoms with E-state index in [0.717, 1.165) is 39.7 Å². The number of nitrogen functional groups attached to an aromatic ring is 1. The molecule has 0 saturated heterocycles. The lowest BCUT2D eigenvalue weighted by molar-refractivity contribution is 0.367. The SMILES string of the molecule is C/C=C(/OC)c1[nH]c(-c2nc(C3CCC3)n3ccnc(N)c23)cc1C. The Kier molecular flexibility index (Phi) is 3.75. The Morgan fingerprint density at radius 2 is 2.24 bits per heavy atom. The van der Waals surface area contributed by atoms with Gasteiger partial charge in [-0.1, -0.05) is 6.42 Å². The van der Waals surface area contributed by atoms with Crippen LogP contribution in [0.1, 0.15) is 49.2 Å². The van der Waals surface area contributed by atoms with Crippen LogP contribution in [0.25, 0.3) is 22.7 Å². The largest absolute Gasteiger partial charge is 0.495 e. The van der Waals surface area contributed by atoms with Crippen molar-refractivity contribution >= 4 is 17.1 Å². The summed E-state index contributed by atoms with van der Waals surface area (Å²) in [4.78, 5) is 12.7. The maximum atomic E-state index is 6.20. The lowest BCUT2D eigenvalue weighted by Gasteiger charge is -2.23. The van der Waals surface area contributed by atoms with Gasteiger partial charge in [0.2, 0.25) is 0 Å². The first kappa shape index (κ1) is 15.7. The Bertz CT molecular complexity index is 962. The molecule has 0 aliphatic heterocycles. The van der Waals surface area contributed by atoms with Gasteiger partial charge in [-0.05, 0) is 44.4 Å². The van der Waals surface area contributed by atoms with Crippen molar-refractivity contribution in [3.63, 3.8) is 0 Å². The number of methoxy groups -OCH3 is 1. The van der Waals surface area contributed by atoms with Gasteiger partial charge in [0, 0.05) is 18.3 Å². The molecule has 1 aliphatic carbocycles. The number of fused-ring (bicyclic) bond motifs is 1. The molecule has 25 heavy (non-hydrogen) atoms. The van der Waals surface area contributed by atoms with Crippen molar-refractivity contribution in [1.82, 2.24) is 19.4 Å². The first-order valence-electron chi connectivity index (χ1n) is 8.67. The number of hydrogen-bond donors (Lipinski definition) is 2. The minimum absolute atomic E-state index is 0.502. The number of imidazole rings is 1. The molecule has 6 nitrogen and oxygen atoms in total. The monoisotopic (exact) mass is 337 g/mol. The molecule has 0 bridgehead atoms. The average Bonchev–Trinajstić information content (AvgIpc) is 3.10. The van der Waals surface area contributed by atoms with Crippen LogP contribution in [0.4, 0.5) is 5.82 Å². The topological polar surface area (TPSA) is 81.2 Å². The molecule has 0 radical (unpaired) electrons. The van der Waals surface area contributed by atoms with Crippen molar-refractivity contribution in [2.45, 2.75) is 39.0 Å². The third-order valence-corrected chi connectivity index (χ3v) is 5.08. The van der Waals surface area contributed by atoms with Crippen LogP contribution < -0.4 is 5.73 Å². The van der Waals surface area contributed by atoms with Gasteiger partial charge in [-0.3, -0.25) is 4.40 Å². The van der Waals surface area contributed by atoms with Crippen molar-refractivity contribution in [3.8, 4) is 11.4 Å². The Labute approximate surface area is 146 Å². The van der Waals surface area contributed by atoms with Crippen molar-refractivity contribution < 1.29 is 4.74 Å². The molecular weight excluding hydrogens is 314 g/mol. The normalized spacial score (nSPS) is 15.6. The molecule has 3 N–H and O–H groups in total. The molecule has 3 aromatic rings. The summed E-state index contributed by atoms with van der Waals surface area (Å²) in [6.45, 7) is 4.02. The van der Waals surface area contributed by atoms with Gasteiger partial charge < -0.3 is 15.5 Å². The minimum Gasteiger partial charge on any atom is -0.495 e. The van der Waals surface area contributed by atoms with Gasteiger partial charge in [0.05, 0.1) is 18.5 Å². The second kappa shape index (κ2) is 5.95. The zero-order valence-corrected chi connectivity index (χ0v) is 14.8. The fourth-order valence-electron chi connectivity index (χ4n) is 3.54. The zero-order valence-electron chi connectivity index (χ0n) is 14.8. The Morgan fingerprint density at radius 3 is 2.88 bits per heavy atom. The van der Waals surface area contributed by atoms with E-state index in [0.29, 0.717) is 11.7 Å². The molecule has 0 amide bonds. The number of hydrogen-bond acceptors (Lipinski definition) is 4. The highest BCUT2D eigenvalue weighted by atomic mass is 16.5. The van der Waals surface area contributed by atoms with Crippen molar-refractivity contribution in [1.29, 1.82) is 0 Å². The highest BCUT2D eigenvalue weighted by Gasteiger charge is 2.27. The fraction of sp³-hybridized carbons (Fsp3) is 0.368. The summed E-state index contributed by atoms with van der Waals surface area (Å²) in [5, 5.41) is 0. The quantitative estimate of drug-likeness (QED) is 0.708. The van der Waals surface area contributed by atoms with Crippen LogP contribution in [0, 0.1) is 6.92 Å². The average molecular weight is 337 g/mol. The van der Waals surface area contributed by atoms with E-state index in [1.807, 2.05) is 19.2 Å². The maximum absolute atomic E-state index is 6.20. The summed E-state index contributed by atoms with van der Waals surface area (Å²) in [5.41, 5.74) is 10.9. The summed E-state index contributed by atoms with van der Waals surface area (Å²) in [7, 11) is 1.68. The number of ether oxygens (including phenoxy) is 1. The second-order valence-corrected chi connectivity index (χ2v) is 6.58. The highest BCUT2D eigenvalue weighted by molar-refractivity contribution is 5.85. The fourth-order valence-corrected chi connectivity index (χ4v) is 3.54. The van der Waals surface area contributed by atoms with E-state index in [9.17, 15) is 0 Å². The van der Waals surface area contributed by atoms with Gasteiger partial charge in [0.25, 0.3) is 0 Å². The molecule has 4 rings (SSSR count). The van der Waals surface area contributed by atoms with Crippen molar-refractivity contribution in [2.24, 2.45) is 0 Å². The smallest absolute Gasteiger partial charge is 0.150 e. The summed E-state index contributed by atoms with van der Waals surface area (Å²) in [6.07, 6.45) is 9.27. The van der Waals surface area contributed by atoms with Crippen LogP contribution >= 0.6 is 0 Å². The Morgan fingerprint density at radius 1 is 1.44 bits per heavy atom. The third kappa shape index (κ3) is 2.40. The molecule has 130 valence electrons. The van der Waals surface area contributed by atoms with Crippen LogP contribution in [0.5, 0.6) is 0 Å². The van der Waals surface area contributed by atoms with E-state index in [2.05, 4.69) is 27.4 Å². The van der Waals surface area contributed by atoms with E-state index in [-0.39, 0.29) is 0 Å². The lowest BCUT2D eigenvalue weighted by Crippen LogP contribution is -2.12. The first-order valence-corrected chi connectivity index (χ1v) is 8.67. The number of nitrogens with one attached hydrogen (secondary N) is 1. The van der Waals surface area contributed by atoms with Crippen LogP contribution in [0.3, 0.4) is 0 Å². The molecule has 0 unspecified atom stereocenters. The standard InChI is InChI=1S/C19H23N5O/c1-4-14(25-3)15-11(2)10-13(22-15)16-17-18(20)21-8-9-24(17)19(23-16)12-6-5-7-12/h4,8-10,12,22H,5-7H2,1-3H3,(H2,20,21)/b14-4+. The number of anilines is 1. The molecule has 0 aromatic carbocycles. The van der Waals surface area contributed by atoms with Gasteiger partial charge in [0.1, 0.15) is 28.6 Å². The van der Waals surface area contributed by atoms with Crippen LogP contribution in [0.15, 0.2) is 24.5 Å². The van der Waals surface area contributed by atoms with Crippen LogP contribution in [0.2, 0.25) is 0 Å².